The highest BCUT2D eigenvalue weighted by molar-refractivity contribution is 5.99. The van der Waals surface area contributed by atoms with E-state index in [0.717, 1.165) is 5.69 Å². The molecule has 0 aliphatic heterocycles. The molecule has 0 aliphatic rings. The molecule has 17 heavy (non-hydrogen) atoms. The predicted octanol–water partition coefficient (Wildman–Crippen LogP) is 1.99. The Morgan fingerprint density at radius 2 is 1.94 bits per heavy atom. The van der Waals surface area contributed by atoms with Gasteiger partial charge in [-0.25, -0.2) is 4.99 Å². The largest absolute Gasteiger partial charge is 0.382 e. The van der Waals surface area contributed by atoms with Crippen molar-refractivity contribution in [3.05, 3.63) is 59.9 Å². The smallest absolute Gasteiger partial charge is 0.151 e. The number of benzene rings is 1. The Hall–Kier alpha value is -2.67. The van der Waals surface area contributed by atoms with E-state index in [2.05, 4.69) is 9.98 Å². The molecule has 0 atom stereocenters. The normalized spacial score (nSPS) is 10.9. The van der Waals surface area contributed by atoms with Gasteiger partial charge in [-0.15, -0.1) is 0 Å². The van der Waals surface area contributed by atoms with Crippen molar-refractivity contribution in [2.75, 3.05) is 0 Å². The fraction of sp³-hybridized carbons (Fsp3) is 0. The Morgan fingerprint density at radius 3 is 2.65 bits per heavy atom. The minimum atomic E-state index is 0.244. The van der Waals surface area contributed by atoms with E-state index < -0.39 is 0 Å². The van der Waals surface area contributed by atoms with Crippen molar-refractivity contribution in [3.63, 3.8) is 0 Å². The Bertz CT molecular complexity index is 582. The highest BCUT2D eigenvalue weighted by Gasteiger charge is 2.06. The second kappa shape index (κ2) is 4.90. The first-order valence-corrected chi connectivity index (χ1v) is 5.06. The second-order valence-electron chi connectivity index (χ2n) is 3.34. The van der Waals surface area contributed by atoms with Crippen LogP contribution < -0.4 is 5.73 Å². The predicted molar refractivity (Wildman–Crippen MR) is 65.8 cm³/mol. The Kier molecular flexibility index (Phi) is 3.13. The van der Waals surface area contributed by atoms with Crippen LogP contribution in [0.15, 0.2) is 53.7 Å². The molecule has 0 saturated carbocycles. The lowest BCUT2D eigenvalue weighted by Crippen LogP contribution is -2.16. The maximum Gasteiger partial charge on any atom is 0.151 e. The third-order valence-corrected chi connectivity index (χ3v) is 2.18. The molecule has 1 aromatic carbocycles. The van der Waals surface area contributed by atoms with Gasteiger partial charge in [-0.1, -0.05) is 18.2 Å². The van der Waals surface area contributed by atoms with Crippen molar-refractivity contribution >= 4 is 11.5 Å². The van der Waals surface area contributed by atoms with E-state index in [-0.39, 0.29) is 5.84 Å². The van der Waals surface area contributed by atoms with E-state index in [4.69, 9.17) is 11.0 Å². The maximum atomic E-state index is 8.93. The fourth-order valence-corrected chi connectivity index (χ4v) is 1.39. The molecule has 82 valence electrons. The summed E-state index contributed by atoms with van der Waals surface area (Å²) < 4.78 is 0. The van der Waals surface area contributed by atoms with Crippen molar-refractivity contribution in [3.8, 4) is 6.07 Å². The van der Waals surface area contributed by atoms with E-state index in [9.17, 15) is 0 Å². The van der Waals surface area contributed by atoms with E-state index in [0.29, 0.717) is 11.3 Å². The summed E-state index contributed by atoms with van der Waals surface area (Å²) in [6, 6.07) is 14.7. The Morgan fingerprint density at radius 1 is 1.18 bits per heavy atom. The van der Waals surface area contributed by atoms with Crippen LogP contribution in [-0.4, -0.2) is 10.8 Å². The topological polar surface area (TPSA) is 75.1 Å². The SMILES string of the molecule is N#Cc1cccnc1/C(N)=N/c1ccccc1. The highest BCUT2D eigenvalue weighted by atomic mass is 14.9. The van der Waals surface area contributed by atoms with Gasteiger partial charge in [-0.3, -0.25) is 4.98 Å². The third kappa shape index (κ3) is 2.47. The average molecular weight is 222 g/mol. The zero-order valence-corrected chi connectivity index (χ0v) is 9.04. The van der Waals surface area contributed by atoms with Crippen molar-refractivity contribution < 1.29 is 0 Å². The summed E-state index contributed by atoms with van der Waals surface area (Å²) >= 11 is 0. The number of nitriles is 1. The van der Waals surface area contributed by atoms with Crippen molar-refractivity contribution in [1.82, 2.24) is 4.98 Å². The van der Waals surface area contributed by atoms with Gasteiger partial charge in [0.05, 0.1) is 11.3 Å². The minimum absolute atomic E-state index is 0.244. The van der Waals surface area contributed by atoms with Crippen molar-refractivity contribution in [2.45, 2.75) is 0 Å². The van der Waals surface area contributed by atoms with Crippen LogP contribution in [0.25, 0.3) is 0 Å². The summed E-state index contributed by atoms with van der Waals surface area (Å²) in [5.41, 5.74) is 7.41. The van der Waals surface area contributed by atoms with Gasteiger partial charge in [0, 0.05) is 6.20 Å². The first-order chi connectivity index (χ1) is 8.31. The molecular weight excluding hydrogens is 212 g/mol. The van der Waals surface area contributed by atoms with Crippen molar-refractivity contribution in [1.29, 1.82) is 5.26 Å². The average Bonchev–Trinajstić information content (AvgIpc) is 2.40. The van der Waals surface area contributed by atoms with Gasteiger partial charge in [0.1, 0.15) is 11.8 Å². The van der Waals surface area contributed by atoms with Gasteiger partial charge in [0.15, 0.2) is 5.84 Å². The highest BCUT2D eigenvalue weighted by Crippen LogP contribution is 2.12. The molecule has 0 fully saturated rings. The molecular formula is C13H10N4. The summed E-state index contributed by atoms with van der Waals surface area (Å²) in [7, 11) is 0. The number of nitrogens with zero attached hydrogens (tertiary/aromatic N) is 3. The van der Waals surface area contributed by atoms with Crippen LogP contribution in [0.3, 0.4) is 0 Å². The number of para-hydroxylation sites is 1. The zero-order valence-electron chi connectivity index (χ0n) is 9.04. The van der Waals surface area contributed by atoms with Crippen LogP contribution in [-0.2, 0) is 0 Å². The van der Waals surface area contributed by atoms with E-state index in [1.807, 2.05) is 36.4 Å². The summed E-state index contributed by atoms with van der Waals surface area (Å²) in [6.07, 6.45) is 1.59. The summed E-state index contributed by atoms with van der Waals surface area (Å²) in [6.45, 7) is 0. The molecule has 0 amide bonds. The van der Waals surface area contributed by atoms with Gasteiger partial charge in [-0.05, 0) is 24.3 Å². The van der Waals surface area contributed by atoms with Gasteiger partial charge >= 0.3 is 0 Å². The molecule has 0 unspecified atom stereocenters. The number of rotatable bonds is 2. The molecule has 0 saturated heterocycles. The van der Waals surface area contributed by atoms with E-state index in [1.165, 1.54) is 0 Å². The number of nitrogens with two attached hydrogens (primary N) is 1. The minimum Gasteiger partial charge on any atom is -0.382 e. The van der Waals surface area contributed by atoms with Crippen LogP contribution >= 0.6 is 0 Å². The fourth-order valence-electron chi connectivity index (χ4n) is 1.39. The van der Waals surface area contributed by atoms with E-state index in [1.54, 1.807) is 18.3 Å². The molecule has 0 aliphatic carbocycles. The summed E-state index contributed by atoms with van der Waals surface area (Å²) in [4.78, 5) is 8.29. The lowest BCUT2D eigenvalue weighted by molar-refractivity contribution is 1.25. The van der Waals surface area contributed by atoms with Crippen LogP contribution in [0.2, 0.25) is 0 Å². The van der Waals surface area contributed by atoms with Crippen LogP contribution in [0.1, 0.15) is 11.3 Å². The molecule has 2 N–H and O–H groups in total. The molecule has 0 bridgehead atoms. The molecule has 1 heterocycles. The second-order valence-corrected chi connectivity index (χ2v) is 3.34. The lowest BCUT2D eigenvalue weighted by Gasteiger charge is -2.01. The molecule has 2 aromatic rings. The van der Waals surface area contributed by atoms with Gasteiger partial charge < -0.3 is 5.73 Å². The first-order valence-electron chi connectivity index (χ1n) is 5.06. The summed E-state index contributed by atoms with van der Waals surface area (Å²) in [5, 5.41) is 8.93. The molecule has 0 radical (unpaired) electrons. The van der Waals surface area contributed by atoms with Crippen LogP contribution in [0.5, 0.6) is 0 Å². The Balaban J connectivity index is 2.41. The number of amidine groups is 1. The molecule has 0 spiro atoms. The zero-order chi connectivity index (χ0) is 12.1. The number of hydrogen-bond donors (Lipinski definition) is 1. The van der Waals surface area contributed by atoms with Gasteiger partial charge in [-0.2, -0.15) is 5.26 Å². The quantitative estimate of drug-likeness (QED) is 0.623. The monoisotopic (exact) mass is 222 g/mol. The lowest BCUT2D eigenvalue weighted by atomic mass is 10.2. The molecule has 1 aromatic heterocycles. The van der Waals surface area contributed by atoms with Crippen LogP contribution in [0.4, 0.5) is 5.69 Å². The number of aliphatic imine (C=N–C) groups is 1. The third-order valence-electron chi connectivity index (χ3n) is 2.18. The molecule has 4 heteroatoms. The van der Waals surface area contributed by atoms with E-state index >= 15 is 0 Å². The number of hydrogen-bond acceptors (Lipinski definition) is 3. The first kappa shape index (κ1) is 10.8. The molecule has 2 rings (SSSR count). The van der Waals surface area contributed by atoms with Crippen molar-refractivity contribution in [2.24, 2.45) is 10.7 Å². The van der Waals surface area contributed by atoms with Crippen LogP contribution in [0, 0.1) is 11.3 Å². The number of aromatic nitrogens is 1. The van der Waals surface area contributed by atoms with Gasteiger partial charge in [0.2, 0.25) is 0 Å². The standard InChI is InChI=1S/C13H10N4/c14-9-10-5-4-8-16-12(10)13(15)17-11-6-2-1-3-7-11/h1-8H,(H2,15,17). The summed E-state index contributed by atoms with van der Waals surface area (Å²) in [5.74, 6) is 0.244. The maximum absolute atomic E-state index is 8.93. The molecule has 4 nitrogen and oxygen atoms in total. The Labute approximate surface area is 99.1 Å². The van der Waals surface area contributed by atoms with Gasteiger partial charge in [0.25, 0.3) is 0 Å². The number of pyridine rings is 1.